The predicted molar refractivity (Wildman–Crippen MR) is 65.4 cm³/mol. The molecule has 2 rings (SSSR count). The van der Waals surface area contributed by atoms with Crippen molar-refractivity contribution in [1.29, 1.82) is 0 Å². The summed E-state index contributed by atoms with van der Waals surface area (Å²) in [6, 6.07) is 7.24. The fourth-order valence-electron chi connectivity index (χ4n) is 2.26. The standard InChI is InChI=1S/C12H13BrFNO2/c13-10-3-1-9(2-4-10)12(11(16)17)5-7-15(14)8-6-12/h1-4H,5-8H2,(H,16,17). The summed E-state index contributed by atoms with van der Waals surface area (Å²) in [6.07, 6.45) is 0.612. The van der Waals surface area contributed by atoms with Gasteiger partial charge in [0.15, 0.2) is 0 Å². The van der Waals surface area contributed by atoms with Crippen LogP contribution in [-0.2, 0) is 10.2 Å². The molecule has 1 N–H and O–H groups in total. The topological polar surface area (TPSA) is 40.5 Å². The molecule has 0 saturated carbocycles. The van der Waals surface area contributed by atoms with E-state index in [9.17, 15) is 14.4 Å². The summed E-state index contributed by atoms with van der Waals surface area (Å²) in [5.41, 5.74) is -0.190. The molecule has 0 radical (unpaired) electrons. The van der Waals surface area contributed by atoms with Gasteiger partial charge in [-0.2, -0.15) is 0 Å². The molecule has 17 heavy (non-hydrogen) atoms. The Kier molecular flexibility index (Phi) is 3.49. The van der Waals surface area contributed by atoms with Gasteiger partial charge in [-0.3, -0.25) is 4.79 Å². The van der Waals surface area contributed by atoms with Crippen LogP contribution in [0.3, 0.4) is 0 Å². The van der Waals surface area contributed by atoms with Crippen molar-refractivity contribution in [3.05, 3.63) is 34.3 Å². The molecule has 0 unspecified atom stereocenters. The second-order valence-corrected chi connectivity index (χ2v) is 5.22. The van der Waals surface area contributed by atoms with E-state index >= 15 is 0 Å². The highest BCUT2D eigenvalue weighted by atomic mass is 79.9. The van der Waals surface area contributed by atoms with Crippen molar-refractivity contribution in [1.82, 2.24) is 5.12 Å². The number of carboxylic acids is 1. The molecule has 5 heteroatoms. The zero-order valence-electron chi connectivity index (χ0n) is 9.20. The van der Waals surface area contributed by atoms with Gasteiger partial charge in [0.25, 0.3) is 0 Å². The maximum Gasteiger partial charge on any atom is 0.314 e. The van der Waals surface area contributed by atoms with Crippen molar-refractivity contribution in [3.8, 4) is 0 Å². The molecule has 1 aromatic rings. The van der Waals surface area contributed by atoms with E-state index in [0.29, 0.717) is 18.0 Å². The summed E-state index contributed by atoms with van der Waals surface area (Å²) >= 11 is 3.32. The lowest BCUT2D eigenvalue weighted by Gasteiger charge is -2.35. The average Bonchev–Trinajstić information content (AvgIpc) is 2.31. The van der Waals surface area contributed by atoms with E-state index in [1.807, 2.05) is 12.1 Å². The minimum Gasteiger partial charge on any atom is -0.481 e. The van der Waals surface area contributed by atoms with Crippen molar-refractivity contribution in [2.24, 2.45) is 0 Å². The highest BCUT2D eigenvalue weighted by molar-refractivity contribution is 9.10. The molecule has 0 aromatic heterocycles. The molecular weight excluding hydrogens is 289 g/mol. The SMILES string of the molecule is O=C(O)C1(c2ccc(Br)cc2)CCN(F)CC1. The van der Waals surface area contributed by atoms with Gasteiger partial charge in [-0.15, -0.1) is 9.60 Å². The average molecular weight is 302 g/mol. The van der Waals surface area contributed by atoms with Crippen LogP contribution in [-0.4, -0.2) is 29.3 Å². The van der Waals surface area contributed by atoms with Crippen LogP contribution < -0.4 is 0 Å². The zero-order chi connectivity index (χ0) is 12.5. The van der Waals surface area contributed by atoms with Crippen LogP contribution in [0.25, 0.3) is 0 Å². The van der Waals surface area contributed by atoms with Gasteiger partial charge in [0.2, 0.25) is 0 Å². The molecule has 0 atom stereocenters. The van der Waals surface area contributed by atoms with Crippen LogP contribution >= 0.6 is 15.9 Å². The lowest BCUT2D eigenvalue weighted by Crippen LogP contribution is -2.45. The first-order chi connectivity index (χ1) is 8.04. The van der Waals surface area contributed by atoms with Crippen molar-refractivity contribution < 1.29 is 14.4 Å². The second-order valence-electron chi connectivity index (χ2n) is 4.30. The van der Waals surface area contributed by atoms with Crippen LogP contribution in [0.5, 0.6) is 0 Å². The quantitative estimate of drug-likeness (QED) is 0.854. The number of aliphatic carboxylic acids is 1. The molecule has 92 valence electrons. The molecule has 0 spiro atoms. The third-order valence-corrected chi connectivity index (χ3v) is 3.90. The van der Waals surface area contributed by atoms with E-state index < -0.39 is 11.4 Å². The van der Waals surface area contributed by atoms with Gasteiger partial charge in [0.1, 0.15) is 0 Å². The molecule has 1 aliphatic heterocycles. The summed E-state index contributed by atoms with van der Waals surface area (Å²) in [4.78, 5) is 11.5. The fourth-order valence-corrected chi connectivity index (χ4v) is 2.52. The molecule has 1 aliphatic rings. The molecule has 0 bridgehead atoms. The molecule has 3 nitrogen and oxygen atoms in total. The normalized spacial score (nSPS) is 20.1. The number of hydrogen-bond donors (Lipinski definition) is 1. The van der Waals surface area contributed by atoms with E-state index in [4.69, 9.17) is 0 Å². The number of piperidine rings is 1. The number of nitrogens with zero attached hydrogens (tertiary/aromatic N) is 1. The van der Waals surface area contributed by atoms with E-state index in [0.717, 1.165) is 10.0 Å². The highest BCUT2D eigenvalue weighted by Crippen LogP contribution is 2.36. The van der Waals surface area contributed by atoms with Crippen molar-refractivity contribution in [3.63, 3.8) is 0 Å². The number of carbonyl (C=O) groups is 1. The Morgan fingerprint density at radius 3 is 2.29 bits per heavy atom. The Balaban J connectivity index is 2.35. The van der Waals surface area contributed by atoms with Gasteiger partial charge >= 0.3 is 5.97 Å². The molecule has 1 saturated heterocycles. The van der Waals surface area contributed by atoms with Gasteiger partial charge < -0.3 is 5.11 Å². The minimum atomic E-state index is -0.941. The lowest BCUT2D eigenvalue weighted by atomic mass is 9.73. The summed E-state index contributed by atoms with van der Waals surface area (Å²) in [6.45, 7) is 0.338. The van der Waals surface area contributed by atoms with Gasteiger partial charge in [0.05, 0.1) is 5.41 Å². The molecule has 1 fully saturated rings. The number of halogens is 2. The lowest BCUT2D eigenvalue weighted by molar-refractivity contribution is -0.148. The van der Waals surface area contributed by atoms with E-state index in [1.54, 1.807) is 12.1 Å². The molecule has 1 heterocycles. The van der Waals surface area contributed by atoms with Crippen LogP contribution in [0, 0.1) is 0 Å². The zero-order valence-corrected chi connectivity index (χ0v) is 10.8. The maximum atomic E-state index is 13.0. The van der Waals surface area contributed by atoms with Gasteiger partial charge in [0, 0.05) is 17.6 Å². The number of benzene rings is 1. The van der Waals surface area contributed by atoms with Crippen LogP contribution in [0.15, 0.2) is 28.7 Å². The van der Waals surface area contributed by atoms with Crippen LogP contribution in [0.4, 0.5) is 4.48 Å². The van der Waals surface area contributed by atoms with Crippen molar-refractivity contribution in [2.45, 2.75) is 18.3 Å². The third-order valence-electron chi connectivity index (χ3n) is 3.37. The monoisotopic (exact) mass is 301 g/mol. The maximum absolute atomic E-state index is 13.0. The Morgan fingerprint density at radius 2 is 1.82 bits per heavy atom. The molecule has 0 amide bonds. The summed E-state index contributed by atoms with van der Waals surface area (Å²) in [7, 11) is 0. The highest BCUT2D eigenvalue weighted by Gasteiger charge is 2.43. The Hall–Kier alpha value is -0.940. The smallest absolute Gasteiger partial charge is 0.314 e. The van der Waals surface area contributed by atoms with Crippen molar-refractivity contribution >= 4 is 21.9 Å². The Labute approximate surface area is 107 Å². The second kappa shape index (κ2) is 4.74. The predicted octanol–water partition coefficient (Wildman–Crippen LogP) is 2.75. The Bertz CT molecular complexity index is 413. The van der Waals surface area contributed by atoms with Gasteiger partial charge in [-0.25, -0.2) is 0 Å². The number of rotatable bonds is 2. The summed E-state index contributed by atoms with van der Waals surface area (Å²) in [5.74, 6) is -0.868. The minimum absolute atomic E-state index is 0.169. The number of carboxylic acid groups (broad SMARTS) is 1. The first kappa shape index (κ1) is 12.5. The van der Waals surface area contributed by atoms with E-state index in [1.165, 1.54) is 0 Å². The third kappa shape index (κ3) is 2.35. The van der Waals surface area contributed by atoms with Gasteiger partial charge in [-0.1, -0.05) is 28.1 Å². The molecular formula is C12H13BrFNO2. The van der Waals surface area contributed by atoms with E-state index in [2.05, 4.69) is 15.9 Å². The van der Waals surface area contributed by atoms with Crippen LogP contribution in [0.1, 0.15) is 18.4 Å². The summed E-state index contributed by atoms with van der Waals surface area (Å²) < 4.78 is 13.9. The van der Waals surface area contributed by atoms with Crippen molar-refractivity contribution in [2.75, 3.05) is 13.1 Å². The first-order valence-electron chi connectivity index (χ1n) is 5.45. The van der Waals surface area contributed by atoms with Gasteiger partial charge in [-0.05, 0) is 30.5 Å². The fraction of sp³-hybridized carbons (Fsp3) is 0.417. The molecule has 1 aromatic carbocycles. The largest absolute Gasteiger partial charge is 0.481 e. The number of hydrogen-bond acceptors (Lipinski definition) is 2. The first-order valence-corrected chi connectivity index (χ1v) is 6.24. The summed E-state index contributed by atoms with van der Waals surface area (Å²) in [5, 5.41) is 10.1. The van der Waals surface area contributed by atoms with E-state index in [-0.39, 0.29) is 13.1 Å². The van der Waals surface area contributed by atoms with Crippen LogP contribution in [0.2, 0.25) is 0 Å². The Morgan fingerprint density at radius 1 is 1.29 bits per heavy atom. The molecule has 0 aliphatic carbocycles.